The molecule has 2 atom stereocenters. The first-order valence-electron chi connectivity index (χ1n) is 5.92. The maximum absolute atomic E-state index is 11.9. The number of nitrogens with zero attached hydrogens (tertiary/aromatic N) is 1. The molecule has 0 aromatic heterocycles. The van der Waals surface area contributed by atoms with Crippen LogP contribution in [-0.4, -0.2) is 16.2 Å². The van der Waals surface area contributed by atoms with E-state index < -0.39 is 22.9 Å². The lowest BCUT2D eigenvalue weighted by molar-refractivity contribution is -0.120. The van der Waals surface area contributed by atoms with Crippen LogP contribution in [0.5, 0.6) is 0 Å². The Balaban J connectivity index is 2.69. The fourth-order valence-corrected chi connectivity index (χ4v) is 2.41. The van der Waals surface area contributed by atoms with Crippen LogP contribution in [0.3, 0.4) is 0 Å². The van der Waals surface area contributed by atoms with E-state index in [0.29, 0.717) is 16.9 Å². The number of hydrogen-bond donors (Lipinski definition) is 2. The molecule has 6 heteroatoms. The average molecular weight is 279 g/mol. The van der Waals surface area contributed by atoms with Crippen LogP contribution in [0, 0.1) is 17.2 Å². The fourth-order valence-electron chi connectivity index (χ4n) is 1.52. The molecule has 0 aliphatic carbocycles. The van der Waals surface area contributed by atoms with Gasteiger partial charge in [-0.05, 0) is 30.5 Å². The van der Waals surface area contributed by atoms with Crippen molar-refractivity contribution < 1.29 is 9.00 Å². The van der Waals surface area contributed by atoms with E-state index in [-0.39, 0.29) is 5.92 Å². The molecule has 2 unspecified atom stereocenters. The summed E-state index contributed by atoms with van der Waals surface area (Å²) in [6.45, 7) is 3.92. The third-order valence-corrected chi connectivity index (χ3v) is 3.50. The Morgan fingerprint density at radius 1 is 1.53 bits per heavy atom. The number of benzene rings is 1. The van der Waals surface area contributed by atoms with Crippen LogP contribution in [0.15, 0.2) is 29.2 Å². The van der Waals surface area contributed by atoms with Gasteiger partial charge in [-0.3, -0.25) is 9.52 Å². The van der Waals surface area contributed by atoms with E-state index in [9.17, 15) is 9.00 Å². The second kappa shape index (κ2) is 7.02. The summed E-state index contributed by atoms with van der Waals surface area (Å²) in [4.78, 5) is 12.1. The van der Waals surface area contributed by atoms with Gasteiger partial charge in [0.25, 0.3) is 0 Å². The Hall–Kier alpha value is -1.71. The lowest BCUT2D eigenvalue weighted by Crippen LogP contribution is -2.42. The molecular formula is C13H17N3O2S. The zero-order chi connectivity index (χ0) is 14.4. The summed E-state index contributed by atoms with van der Waals surface area (Å²) < 4.78 is 14.3. The fraction of sp³-hybridized carbons (Fsp3) is 0.385. The van der Waals surface area contributed by atoms with Crippen LogP contribution in [0.2, 0.25) is 0 Å². The molecule has 1 aromatic rings. The summed E-state index contributed by atoms with van der Waals surface area (Å²) in [5.74, 6) is -0.162. The number of carbonyl (C=O) groups excluding carboxylic acids is 1. The second-order valence-corrected chi connectivity index (χ2v) is 5.82. The highest BCUT2D eigenvalue weighted by molar-refractivity contribution is 7.83. The standard InChI is InChI=1S/C13H17N3O2S/c1-9(2)6-12(15)13(17)16-19(18)11-5-3-4-10(7-11)8-14/h3-5,7,9,12H,6,15H2,1-2H3,(H,16,17). The molecule has 0 saturated carbocycles. The maximum atomic E-state index is 11.9. The van der Waals surface area contributed by atoms with Crippen LogP contribution in [0.4, 0.5) is 0 Å². The van der Waals surface area contributed by atoms with Gasteiger partial charge in [-0.15, -0.1) is 0 Å². The van der Waals surface area contributed by atoms with Crippen LogP contribution in [0.25, 0.3) is 0 Å². The van der Waals surface area contributed by atoms with Gasteiger partial charge < -0.3 is 5.73 Å². The molecule has 0 heterocycles. The van der Waals surface area contributed by atoms with Gasteiger partial charge >= 0.3 is 0 Å². The van der Waals surface area contributed by atoms with E-state index in [2.05, 4.69) is 4.72 Å². The van der Waals surface area contributed by atoms with Gasteiger partial charge in [0.1, 0.15) is 0 Å². The van der Waals surface area contributed by atoms with Crippen molar-refractivity contribution in [2.24, 2.45) is 11.7 Å². The van der Waals surface area contributed by atoms with Gasteiger partial charge in [-0.25, -0.2) is 4.21 Å². The Bertz CT molecular complexity index is 523. The number of carbonyl (C=O) groups is 1. The lowest BCUT2D eigenvalue weighted by Gasteiger charge is -2.13. The van der Waals surface area contributed by atoms with Crippen molar-refractivity contribution in [2.45, 2.75) is 31.2 Å². The van der Waals surface area contributed by atoms with E-state index in [0.717, 1.165) is 0 Å². The molecule has 5 nitrogen and oxygen atoms in total. The highest BCUT2D eigenvalue weighted by Gasteiger charge is 2.17. The summed E-state index contributed by atoms with van der Waals surface area (Å²) in [5, 5.41) is 8.76. The van der Waals surface area contributed by atoms with Crippen molar-refractivity contribution in [3.8, 4) is 6.07 Å². The maximum Gasteiger partial charge on any atom is 0.248 e. The largest absolute Gasteiger partial charge is 0.320 e. The predicted molar refractivity (Wildman–Crippen MR) is 73.1 cm³/mol. The molecule has 3 N–H and O–H groups in total. The quantitative estimate of drug-likeness (QED) is 0.842. The van der Waals surface area contributed by atoms with Gasteiger partial charge in [0, 0.05) is 0 Å². The highest BCUT2D eigenvalue weighted by atomic mass is 32.2. The number of nitriles is 1. The van der Waals surface area contributed by atoms with Crippen LogP contribution >= 0.6 is 0 Å². The minimum atomic E-state index is -1.69. The number of rotatable bonds is 5. The Morgan fingerprint density at radius 3 is 2.79 bits per heavy atom. The molecule has 102 valence electrons. The minimum Gasteiger partial charge on any atom is -0.320 e. The SMILES string of the molecule is CC(C)CC(N)C(=O)NS(=O)c1cccc(C#N)c1. The predicted octanol–water partition coefficient (Wildman–Crippen LogP) is 1.07. The summed E-state index contributed by atoms with van der Waals surface area (Å²) >= 11 is 0. The molecule has 0 aliphatic heterocycles. The van der Waals surface area contributed by atoms with E-state index in [1.165, 1.54) is 6.07 Å². The van der Waals surface area contributed by atoms with Crippen molar-refractivity contribution in [1.29, 1.82) is 5.26 Å². The topological polar surface area (TPSA) is 96.0 Å². The smallest absolute Gasteiger partial charge is 0.248 e. The first kappa shape index (κ1) is 15.3. The summed E-state index contributed by atoms with van der Waals surface area (Å²) in [5.41, 5.74) is 6.10. The average Bonchev–Trinajstić information content (AvgIpc) is 2.37. The summed E-state index contributed by atoms with van der Waals surface area (Å²) in [6.07, 6.45) is 0.529. The van der Waals surface area contributed by atoms with Crippen molar-refractivity contribution in [3.05, 3.63) is 29.8 Å². The molecule has 1 aromatic carbocycles. The molecular weight excluding hydrogens is 262 g/mol. The first-order chi connectivity index (χ1) is 8.93. The molecule has 1 amide bonds. The third kappa shape index (κ3) is 4.81. The Kier molecular flexibility index (Phi) is 5.67. The van der Waals surface area contributed by atoms with E-state index in [1.807, 2.05) is 19.9 Å². The first-order valence-corrected chi connectivity index (χ1v) is 7.07. The zero-order valence-electron chi connectivity index (χ0n) is 10.9. The number of nitrogens with two attached hydrogens (primary N) is 1. The number of hydrogen-bond acceptors (Lipinski definition) is 4. The lowest BCUT2D eigenvalue weighted by atomic mass is 10.0. The number of nitrogens with one attached hydrogen (secondary N) is 1. The van der Waals surface area contributed by atoms with Crippen LogP contribution < -0.4 is 10.5 Å². The highest BCUT2D eigenvalue weighted by Crippen LogP contribution is 2.08. The monoisotopic (exact) mass is 279 g/mol. The van der Waals surface area contributed by atoms with Crippen molar-refractivity contribution >= 4 is 16.9 Å². The van der Waals surface area contributed by atoms with Crippen molar-refractivity contribution in [2.75, 3.05) is 0 Å². The van der Waals surface area contributed by atoms with Crippen LogP contribution in [0.1, 0.15) is 25.8 Å². The summed E-state index contributed by atoms with van der Waals surface area (Å²) in [6, 6.07) is 7.56. The summed E-state index contributed by atoms with van der Waals surface area (Å²) in [7, 11) is -1.69. The zero-order valence-corrected chi connectivity index (χ0v) is 11.7. The van der Waals surface area contributed by atoms with E-state index >= 15 is 0 Å². The van der Waals surface area contributed by atoms with E-state index in [4.69, 9.17) is 11.0 Å². The van der Waals surface area contributed by atoms with Gasteiger partial charge in [-0.2, -0.15) is 5.26 Å². The molecule has 0 bridgehead atoms. The molecule has 1 rings (SSSR count). The minimum absolute atomic E-state index is 0.288. The van der Waals surface area contributed by atoms with Crippen molar-refractivity contribution in [3.63, 3.8) is 0 Å². The molecule has 0 fully saturated rings. The molecule has 0 aliphatic rings. The third-order valence-electron chi connectivity index (χ3n) is 2.43. The Labute approximate surface area is 115 Å². The Morgan fingerprint density at radius 2 is 2.21 bits per heavy atom. The normalized spacial score (nSPS) is 13.6. The molecule has 0 spiro atoms. The van der Waals surface area contributed by atoms with Gasteiger partial charge in [-0.1, -0.05) is 19.9 Å². The van der Waals surface area contributed by atoms with E-state index in [1.54, 1.807) is 18.2 Å². The van der Waals surface area contributed by atoms with Gasteiger partial charge in [0.2, 0.25) is 5.91 Å². The van der Waals surface area contributed by atoms with Crippen molar-refractivity contribution in [1.82, 2.24) is 4.72 Å². The number of amides is 1. The van der Waals surface area contributed by atoms with Crippen LogP contribution in [-0.2, 0) is 15.8 Å². The second-order valence-electron chi connectivity index (χ2n) is 4.61. The van der Waals surface area contributed by atoms with Gasteiger partial charge in [0.05, 0.1) is 22.6 Å². The molecule has 19 heavy (non-hydrogen) atoms. The van der Waals surface area contributed by atoms with Gasteiger partial charge in [0.15, 0.2) is 11.0 Å². The molecule has 0 radical (unpaired) electrons. The molecule has 0 saturated heterocycles.